The van der Waals surface area contributed by atoms with E-state index in [1.54, 1.807) is 11.3 Å². The Bertz CT molecular complexity index is 1240. The van der Waals surface area contributed by atoms with Crippen LogP contribution in [0, 0.1) is 13.8 Å². The lowest BCUT2D eigenvalue weighted by Gasteiger charge is -2.25. The van der Waals surface area contributed by atoms with Gasteiger partial charge in [0.1, 0.15) is 0 Å². The summed E-state index contributed by atoms with van der Waals surface area (Å²) in [6.45, 7) is 6.46. The van der Waals surface area contributed by atoms with Crippen LogP contribution >= 0.6 is 11.3 Å². The molecule has 0 amide bonds. The predicted molar refractivity (Wildman–Crippen MR) is 157 cm³/mol. The van der Waals surface area contributed by atoms with E-state index in [2.05, 4.69) is 117 Å². The summed E-state index contributed by atoms with van der Waals surface area (Å²) in [7, 11) is 0. The van der Waals surface area contributed by atoms with E-state index in [1.807, 2.05) is 0 Å². The Morgan fingerprint density at radius 2 is 1.28 bits per heavy atom. The Morgan fingerprint density at radius 3 is 1.81 bits per heavy atom. The molecular formula is C33H35NOS. The van der Waals surface area contributed by atoms with Crippen LogP contribution in [0.5, 0.6) is 0 Å². The van der Waals surface area contributed by atoms with Crippen LogP contribution in [0.15, 0.2) is 78.9 Å². The van der Waals surface area contributed by atoms with Crippen LogP contribution in [0.25, 0.3) is 12.2 Å². The van der Waals surface area contributed by atoms with Crippen molar-refractivity contribution in [2.24, 2.45) is 0 Å². The number of thiophene rings is 1. The molecule has 0 aliphatic rings. The molecule has 1 aromatic heterocycles. The molecule has 2 nitrogen and oxygen atoms in total. The molecule has 0 saturated heterocycles. The number of carbonyl (C=O) groups is 1. The van der Waals surface area contributed by atoms with E-state index < -0.39 is 0 Å². The molecule has 4 rings (SSSR count). The summed E-state index contributed by atoms with van der Waals surface area (Å²) in [5, 5.41) is 0. The molecule has 0 spiro atoms. The fraction of sp³-hybridized carbons (Fsp3) is 0.242. The molecule has 0 aliphatic carbocycles. The fourth-order valence-corrected chi connectivity index (χ4v) is 5.27. The molecule has 3 heteroatoms. The Kier molecular flexibility index (Phi) is 8.91. The van der Waals surface area contributed by atoms with Gasteiger partial charge >= 0.3 is 0 Å². The molecule has 1 heterocycles. The van der Waals surface area contributed by atoms with Gasteiger partial charge in [-0.2, -0.15) is 0 Å². The number of rotatable bonds is 11. The van der Waals surface area contributed by atoms with Crippen LogP contribution in [-0.4, -0.2) is 6.29 Å². The highest BCUT2D eigenvalue weighted by Gasteiger charge is 2.12. The monoisotopic (exact) mass is 493 g/mol. The second kappa shape index (κ2) is 12.5. The quantitative estimate of drug-likeness (QED) is 0.153. The first-order valence-corrected chi connectivity index (χ1v) is 13.7. The minimum atomic E-state index is 0.808. The van der Waals surface area contributed by atoms with Gasteiger partial charge in [0, 0.05) is 21.9 Å². The van der Waals surface area contributed by atoms with Crippen LogP contribution < -0.4 is 4.90 Å². The zero-order valence-electron chi connectivity index (χ0n) is 21.5. The van der Waals surface area contributed by atoms with Gasteiger partial charge in [-0.25, -0.2) is 0 Å². The molecule has 0 bridgehead atoms. The molecule has 0 N–H and O–H groups in total. The molecule has 36 heavy (non-hydrogen) atoms. The lowest BCUT2D eigenvalue weighted by molar-refractivity contribution is 0.112. The maximum atomic E-state index is 11.4. The van der Waals surface area contributed by atoms with Gasteiger partial charge in [0.15, 0.2) is 6.29 Å². The number of aldehydes is 1. The van der Waals surface area contributed by atoms with Gasteiger partial charge in [0.25, 0.3) is 0 Å². The van der Waals surface area contributed by atoms with Crippen molar-refractivity contribution in [2.75, 3.05) is 4.90 Å². The van der Waals surface area contributed by atoms with Crippen LogP contribution in [0.4, 0.5) is 17.1 Å². The minimum Gasteiger partial charge on any atom is -0.311 e. The van der Waals surface area contributed by atoms with Crippen molar-refractivity contribution in [1.82, 2.24) is 0 Å². The van der Waals surface area contributed by atoms with Crippen LogP contribution in [0.2, 0.25) is 0 Å². The number of aryl methyl sites for hydroxylation is 3. The largest absolute Gasteiger partial charge is 0.311 e. The van der Waals surface area contributed by atoms with Gasteiger partial charge in [-0.05, 0) is 86.4 Å². The van der Waals surface area contributed by atoms with Crippen LogP contribution in [0.3, 0.4) is 0 Å². The number of carbonyl (C=O) groups excluding carboxylic acids is 1. The van der Waals surface area contributed by atoms with E-state index >= 15 is 0 Å². The van der Waals surface area contributed by atoms with E-state index in [9.17, 15) is 4.79 Å². The van der Waals surface area contributed by atoms with Crippen molar-refractivity contribution in [2.45, 2.75) is 52.9 Å². The summed E-state index contributed by atoms with van der Waals surface area (Å²) in [4.78, 5) is 15.7. The molecular weight excluding hydrogens is 458 g/mol. The molecule has 0 fully saturated rings. The Morgan fingerprint density at radius 1 is 0.722 bits per heavy atom. The molecule has 4 aromatic rings. The number of anilines is 3. The summed E-state index contributed by atoms with van der Waals surface area (Å²) in [5.41, 5.74) is 8.33. The van der Waals surface area contributed by atoms with E-state index in [1.165, 1.54) is 47.3 Å². The minimum absolute atomic E-state index is 0.808. The highest BCUT2D eigenvalue weighted by molar-refractivity contribution is 7.14. The Labute approximate surface area is 219 Å². The Hall–Kier alpha value is -3.43. The van der Waals surface area contributed by atoms with Crippen molar-refractivity contribution < 1.29 is 4.79 Å². The first kappa shape index (κ1) is 25.7. The predicted octanol–water partition coefficient (Wildman–Crippen LogP) is 9.94. The maximum Gasteiger partial charge on any atom is 0.160 e. The van der Waals surface area contributed by atoms with Crippen molar-refractivity contribution in [3.8, 4) is 0 Å². The van der Waals surface area contributed by atoms with E-state index in [4.69, 9.17) is 0 Å². The summed E-state index contributed by atoms with van der Waals surface area (Å²) >= 11 is 1.58. The summed E-state index contributed by atoms with van der Waals surface area (Å²) < 4.78 is 0. The molecule has 0 radical (unpaired) electrons. The molecule has 0 unspecified atom stereocenters. The first-order chi connectivity index (χ1) is 17.6. The van der Waals surface area contributed by atoms with Crippen molar-refractivity contribution in [3.63, 3.8) is 0 Å². The molecule has 0 atom stereocenters. The SMILES string of the molecule is CCCCCCc1cc(C=O)sc1C=Cc1ccc(N(c2ccc(C)cc2)c2ccc(C)cc2)cc1. The first-order valence-electron chi connectivity index (χ1n) is 12.9. The van der Waals surface area contributed by atoms with Crippen LogP contribution in [0.1, 0.15) is 69.4 Å². The van der Waals surface area contributed by atoms with Crippen molar-refractivity contribution in [3.05, 3.63) is 111 Å². The summed E-state index contributed by atoms with van der Waals surface area (Å²) in [5.74, 6) is 0. The van der Waals surface area contributed by atoms with Gasteiger partial charge < -0.3 is 4.90 Å². The summed E-state index contributed by atoms with van der Waals surface area (Å²) in [6.07, 6.45) is 11.2. The smallest absolute Gasteiger partial charge is 0.160 e. The zero-order valence-corrected chi connectivity index (χ0v) is 22.4. The van der Waals surface area contributed by atoms with Gasteiger partial charge in [0.2, 0.25) is 0 Å². The van der Waals surface area contributed by atoms with Gasteiger partial charge in [-0.3, -0.25) is 4.79 Å². The molecule has 0 aliphatic heterocycles. The summed E-state index contributed by atoms with van der Waals surface area (Å²) in [6, 6.07) is 28.1. The average molecular weight is 494 g/mol. The van der Waals surface area contributed by atoms with Gasteiger partial charge in [-0.1, -0.05) is 79.8 Å². The lowest BCUT2D eigenvalue weighted by Crippen LogP contribution is -2.09. The van der Waals surface area contributed by atoms with Crippen molar-refractivity contribution in [1.29, 1.82) is 0 Å². The lowest BCUT2D eigenvalue weighted by atomic mass is 10.1. The second-order valence-electron chi connectivity index (χ2n) is 9.40. The van der Waals surface area contributed by atoms with Gasteiger partial charge in [0.05, 0.1) is 4.88 Å². The third-order valence-corrected chi connectivity index (χ3v) is 7.51. The third-order valence-electron chi connectivity index (χ3n) is 6.44. The number of hydrogen-bond donors (Lipinski definition) is 0. The average Bonchev–Trinajstić information content (AvgIpc) is 3.30. The van der Waals surface area contributed by atoms with E-state index in [0.29, 0.717) is 0 Å². The highest BCUT2D eigenvalue weighted by atomic mass is 32.1. The molecule has 0 saturated carbocycles. The number of nitrogens with zero attached hydrogens (tertiary/aromatic N) is 1. The second-order valence-corrected chi connectivity index (χ2v) is 10.5. The fourth-order valence-electron chi connectivity index (χ4n) is 4.34. The highest BCUT2D eigenvalue weighted by Crippen LogP contribution is 2.35. The molecule has 184 valence electrons. The Balaban J connectivity index is 1.57. The third kappa shape index (κ3) is 6.61. The van der Waals surface area contributed by atoms with Gasteiger partial charge in [-0.15, -0.1) is 11.3 Å². The number of hydrogen-bond acceptors (Lipinski definition) is 3. The van der Waals surface area contributed by atoms with Crippen molar-refractivity contribution >= 4 is 46.8 Å². The van der Waals surface area contributed by atoms with E-state index in [0.717, 1.165) is 40.2 Å². The normalized spacial score (nSPS) is 11.2. The number of benzene rings is 3. The zero-order chi connectivity index (χ0) is 25.3. The van der Waals surface area contributed by atoms with E-state index in [-0.39, 0.29) is 0 Å². The maximum absolute atomic E-state index is 11.4. The molecule has 3 aromatic carbocycles. The topological polar surface area (TPSA) is 20.3 Å². The van der Waals surface area contributed by atoms with Crippen LogP contribution in [-0.2, 0) is 6.42 Å². The number of unbranched alkanes of at least 4 members (excludes halogenated alkanes) is 3. The standard InChI is InChI=1S/C33H35NOS/c1-4-5-6-7-8-28-23-32(24-35)36-33(28)22-15-27-13-20-31(21-14-27)34(29-16-9-25(2)10-17-29)30-18-11-26(3)12-19-30/h9-24H,4-8H2,1-3H3.